The van der Waals surface area contributed by atoms with Crippen molar-refractivity contribution in [3.05, 3.63) is 57.0 Å². The number of aromatic nitrogens is 5. The maximum atomic E-state index is 13.4. The molecule has 13 nitrogen and oxygen atoms in total. The van der Waals surface area contributed by atoms with Gasteiger partial charge in [-0.15, -0.1) is 21.5 Å². The Bertz CT molecular complexity index is 1670. The number of halogens is 3. The monoisotopic (exact) mass is 617 g/mol. The Labute approximate surface area is 246 Å². The molecule has 1 amide bonds. The number of aryl methyl sites for hydroxylation is 1. The molecule has 0 aliphatic carbocycles. The van der Waals surface area contributed by atoms with Gasteiger partial charge in [-0.05, 0) is 31.0 Å². The van der Waals surface area contributed by atoms with E-state index in [-0.39, 0.29) is 42.9 Å². The molecule has 1 saturated heterocycles. The van der Waals surface area contributed by atoms with Gasteiger partial charge in [-0.3, -0.25) is 10.1 Å². The third kappa shape index (κ3) is 5.89. The standard InChI is InChI=1S/C26H26F3N9O4S/c1-2-3-18-12-19-21(35-10-11-37-20(14-35)33-34-23(37)26(27,28)29)31-24(32-22(19)43-18)36-9-8-15(13-36)30-25(39)42-17-6-4-16(5-7-17)38(40)41/h4-7,12,15H,2-3,8-11,13-14H2,1H3,(H,30,39). The Morgan fingerprint density at radius 1 is 1.16 bits per heavy atom. The highest BCUT2D eigenvalue weighted by Gasteiger charge is 2.40. The summed E-state index contributed by atoms with van der Waals surface area (Å²) in [5.41, 5.74) is -0.111. The minimum Gasteiger partial charge on any atom is -0.410 e. The van der Waals surface area contributed by atoms with Crippen molar-refractivity contribution in [1.82, 2.24) is 30.0 Å². The molecular formula is C26H26F3N9O4S. The van der Waals surface area contributed by atoms with Crippen LogP contribution >= 0.6 is 11.3 Å². The van der Waals surface area contributed by atoms with Gasteiger partial charge in [-0.25, -0.2) is 9.78 Å². The molecule has 2 aliphatic heterocycles. The maximum absolute atomic E-state index is 13.4. The van der Waals surface area contributed by atoms with Crippen molar-refractivity contribution < 1.29 is 27.6 Å². The van der Waals surface area contributed by atoms with Crippen molar-refractivity contribution >= 4 is 45.1 Å². The summed E-state index contributed by atoms with van der Waals surface area (Å²) in [5, 5.41) is 21.7. The lowest BCUT2D eigenvalue weighted by atomic mass is 10.2. The van der Waals surface area contributed by atoms with Gasteiger partial charge in [0.15, 0.2) is 5.82 Å². The van der Waals surface area contributed by atoms with Crippen LogP contribution in [0.2, 0.25) is 0 Å². The highest BCUT2D eigenvalue weighted by atomic mass is 32.1. The molecule has 4 aromatic rings. The summed E-state index contributed by atoms with van der Waals surface area (Å²) in [4.78, 5) is 38.3. The van der Waals surface area contributed by atoms with E-state index in [9.17, 15) is 28.1 Å². The molecule has 1 N–H and O–H groups in total. The normalized spacial score (nSPS) is 16.9. The molecule has 1 atom stereocenters. The number of thiophene rings is 1. The van der Waals surface area contributed by atoms with Gasteiger partial charge in [0.2, 0.25) is 11.8 Å². The zero-order chi connectivity index (χ0) is 30.3. The average Bonchev–Trinajstić information content (AvgIpc) is 3.70. The first-order valence-corrected chi connectivity index (χ1v) is 14.4. The fraction of sp³-hybridized carbons (Fsp3) is 0.423. The third-order valence-electron chi connectivity index (χ3n) is 7.27. The number of ether oxygens (including phenoxy) is 1. The number of carbonyl (C=O) groups excluding carboxylic acids is 1. The van der Waals surface area contributed by atoms with E-state index in [4.69, 9.17) is 14.7 Å². The second-order valence-electron chi connectivity index (χ2n) is 10.3. The van der Waals surface area contributed by atoms with Crippen molar-refractivity contribution in [3.63, 3.8) is 0 Å². The lowest BCUT2D eigenvalue weighted by molar-refractivity contribution is -0.384. The summed E-state index contributed by atoms with van der Waals surface area (Å²) in [7, 11) is 0. The highest BCUT2D eigenvalue weighted by molar-refractivity contribution is 7.18. The van der Waals surface area contributed by atoms with E-state index in [0.29, 0.717) is 31.3 Å². The topological polar surface area (TPSA) is 144 Å². The molecule has 6 rings (SSSR count). The van der Waals surface area contributed by atoms with Crippen LogP contribution in [0.15, 0.2) is 30.3 Å². The maximum Gasteiger partial charge on any atom is 0.451 e. The van der Waals surface area contributed by atoms with Crippen LogP contribution in [0.3, 0.4) is 0 Å². The molecule has 226 valence electrons. The number of nitro groups is 1. The summed E-state index contributed by atoms with van der Waals surface area (Å²) in [6.07, 6.45) is -2.85. The van der Waals surface area contributed by atoms with Gasteiger partial charge in [0.25, 0.3) is 5.69 Å². The largest absolute Gasteiger partial charge is 0.451 e. The van der Waals surface area contributed by atoms with Crippen molar-refractivity contribution in [3.8, 4) is 5.75 Å². The number of benzene rings is 1. The molecule has 5 heterocycles. The van der Waals surface area contributed by atoms with Crippen LogP contribution in [0.5, 0.6) is 5.75 Å². The molecule has 0 bridgehead atoms. The van der Waals surface area contributed by atoms with Crippen molar-refractivity contribution in [2.45, 2.75) is 51.5 Å². The quantitative estimate of drug-likeness (QED) is 0.232. The van der Waals surface area contributed by atoms with Crippen LogP contribution in [-0.4, -0.2) is 61.4 Å². The van der Waals surface area contributed by atoms with Gasteiger partial charge < -0.3 is 24.4 Å². The summed E-state index contributed by atoms with van der Waals surface area (Å²) >= 11 is 1.56. The van der Waals surface area contributed by atoms with Crippen LogP contribution in [0.4, 0.5) is 35.4 Å². The van der Waals surface area contributed by atoms with Crippen LogP contribution in [0.25, 0.3) is 10.2 Å². The second kappa shape index (κ2) is 11.3. The van der Waals surface area contributed by atoms with Crippen LogP contribution in [0.1, 0.15) is 36.3 Å². The van der Waals surface area contributed by atoms with Crippen molar-refractivity contribution in [1.29, 1.82) is 0 Å². The second-order valence-corrected chi connectivity index (χ2v) is 11.4. The Balaban J connectivity index is 1.20. The molecule has 0 radical (unpaired) electrons. The smallest absolute Gasteiger partial charge is 0.410 e. The Morgan fingerprint density at radius 2 is 1.95 bits per heavy atom. The Kier molecular flexibility index (Phi) is 7.49. The first-order valence-electron chi connectivity index (χ1n) is 13.6. The number of fused-ring (bicyclic) bond motifs is 2. The molecule has 2 aliphatic rings. The molecule has 43 heavy (non-hydrogen) atoms. The molecule has 1 aromatic carbocycles. The van der Waals surface area contributed by atoms with E-state index in [0.717, 1.165) is 32.5 Å². The molecule has 3 aromatic heterocycles. The van der Waals surface area contributed by atoms with Crippen molar-refractivity contribution in [2.75, 3.05) is 29.4 Å². The van der Waals surface area contributed by atoms with E-state index in [1.54, 1.807) is 11.3 Å². The molecule has 1 fully saturated rings. The van der Waals surface area contributed by atoms with Crippen LogP contribution in [0, 0.1) is 10.1 Å². The first kappa shape index (κ1) is 28.6. The molecule has 1 unspecified atom stereocenters. The van der Waals surface area contributed by atoms with E-state index < -0.39 is 23.0 Å². The van der Waals surface area contributed by atoms with Crippen LogP contribution < -0.4 is 19.9 Å². The predicted octanol–water partition coefficient (Wildman–Crippen LogP) is 4.55. The van der Waals surface area contributed by atoms with Gasteiger partial charge in [-0.1, -0.05) is 13.3 Å². The molecule has 0 saturated carbocycles. The number of rotatable bonds is 7. The van der Waals surface area contributed by atoms with Gasteiger partial charge in [0.1, 0.15) is 16.4 Å². The summed E-state index contributed by atoms with van der Waals surface area (Å²) in [6, 6.07) is 6.99. The number of nitro benzene ring substituents is 1. The number of nitrogens with zero attached hydrogens (tertiary/aromatic N) is 8. The predicted molar refractivity (Wildman–Crippen MR) is 150 cm³/mol. The van der Waals surface area contributed by atoms with Gasteiger partial charge in [-0.2, -0.15) is 18.2 Å². The number of alkyl halides is 3. The van der Waals surface area contributed by atoms with Gasteiger partial charge in [0, 0.05) is 43.2 Å². The van der Waals surface area contributed by atoms with E-state index in [1.165, 1.54) is 24.3 Å². The lowest BCUT2D eigenvalue weighted by Crippen LogP contribution is -2.39. The Morgan fingerprint density at radius 3 is 2.67 bits per heavy atom. The number of anilines is 2. The van der Waals surface area contributed by atoms with Crippen molar-refractivity contribution in [2.24, 2.45) is 0 Å². The third-order valence-corrected chi connectivity index (χ3v) is 8.35. The van der Waals surface area contributed by atoms with Crippen LogP contribution in [-0.2, 0) is 25.7 Å². The zero-order valence-corrected chi connectivity index (χ0v) is 23.7. The number of non-ortho nitro benzene ring substituents is 1. The zero-order valence-electron chi connectivity index (χ0n) is 22.9. The fourth-order valence-corrected chi connectivity index (χ4v) is 6.36. The lowest BCUT2D eigenvalue weighted by Gasteiger charge is -2.30. The van der Waals surface area contributed by atoms with Gasteiger partial charge >= 0.3 is 12.3 Å². The molecule has 17 heteroatoms. The average molecular weight is 618 g/mol. The molecule has 0 spiro atoms. The first-order chi connectivity index (χ1) is 20.6. The summed E-state index contributed by atoms with van der Waals surface area (Å²) < 4.78 is 46.5. The van der Waals surface area contributed by atoms with Gasteiger partial charge in [0.05, 0.1) is 22.9 Å². The minimum absolute atomic E-state index is 0.0660. The molecular weight excluding hydrogens is 591 g/mol. The number of carbonyl (C=O) groups is 1. The fourth-order valence-electron chi connectivity index (χ4n) is 5.24. The summed E-state index contributed by atoms with van der Waals surface area (Å²) in [5.74, 6) is 0.475. The number of nitrogens with one attached hydrogen (secondary N) is 1. The minimum atomic E-state index is -4.58. The summed E-state index contributed by atoms with van der Waals surface area (Å²) in [6.45, 7) is 3.53. The SMILES string of the molecule is CCCc1cc2c(N3CCn4c(nnc4C(F)(F)F)C3)nc(N3CCC(NC(=O)Oc4ccc([N+](=O)[O-])cc4)C3)nc2s1. The van der Waals surface area contributed by atoms with E-state index in [1.807, 2.05) is 15.9 Å². The van der Waals surface area contributed by atoms with E-state index >= 15 is 0 Å². The number of amides is 1. The number of hydrogen-bond acceptors (Lipinski definition) is 11. The van der Waals surface area contributed by atoms with E-state index in [2.05, 4.69) is 22.4 Å². The highest BCUT2D eigenvalue weighted by Crippen LogP contribution is 2.36. The Hall–Kier alpha value is -4.54. The number of hydrogen-bond donors (Lipinski definition) is 1.